The molecule has 34 heavy (non-hydrogen) atoms. The van der Waals surface area contributed by atoms with Gasteiger partial charge in [0.05, 0.1) is 0 Å². The minimum Gasteiger partial charge on any atom is -0.334 e. The SMILES string of the molecule is Cn1c(=O)c2c(SCCC(=O)NC(=O)NCc3ccccc3)nc(C(C)(C)C)nc2n(C)c1=O. The number of benzene rings is 1. The fourth-order valence-corrected chi connectivity index (χ4v) is 4.08. The summed E-state index contributed by atoms with van der Waals surface area (Å²) in [6.07, 6.45) is 0.0336. The average Bonchev–Trinajstić information content (AvgIpc) is 2.79. The second-order valence-corrected chi connectivity index (χ2v) is 9.91. The lowest BCUT2D eigenvalue weighted by molar-refractivity contribution is -0.119. The molecule has 2 N–H and O–H groups in total. The van der Waals surface area contributed by atoms with Crippen LogP contribution < -0.4 is 21.9 Å². The second kappa shape index (κ2) is 10.2. The first-order valence-corrected chi connectivity index (χ1v) is 11.7. The number of nitrogens with one attached hydrogen (secondary N) is 2. The molecule has 2 aromatic heterocycles. The number of carbonyl (C=O) groups is 2. The Balaban J connectivity index is 1.73. The molecule has 180 valence electrons. The molecule has 0 saturated carbocycles. The van der Waals surface area contributed by atoms with Crippen LogP contribution in [0.1, 0.15) is 38.6 Å². The van der Waals surface area contributed by atoms with Gasteiger partial charge in [0.15, 0.2) is 5.65 Å². The van der Waals surface area contributed by atoms with Crippen LogP contribution in [0.2, 0.25) is 0 Å². The summed E-state index contributed by atoms with van der Waals surface area (Å²) in [4.78, 5) is 58.5. The lowest BCUT2D eigenvalue weighted by Gasteiger charge is -2.19. The molecule has 3 aromatic rings. The van der Waals surface area contributed by atoms with E-state index in [4.69, 9.17) is 0 Å². The maximum absolute atomic E-state index is 12.8. The van der Waals surface area contributed by atoms with Crippen molar-refractivity contribution >= 4 is 34.7 Å². The largest absolute Gasteiger partial charge is 0.334 e. The Morgan fingerprint density at radius 1 is 1.03 bits per heavy atom. The summed E-state index contributed by atoms with van der Waals surface area (Å²) in [5.74, 6) is 0.308. The number of hydrogen-bond donors (Lipinski definition) is 2. The highest BCUT2D eigenvalue weighted by atomic mass is 32.2. The van der Waals surface area contributed by atoms with E-state index in [-0.39, 0.29) is 23.2 Å². The van der Waals surface area contributed by atoms with Crippen molar-refractivity contribution in [2.24, 2.45) is 14.1 Å². The van der Waals surface area contributed by atoms with Crippen molar-refractivity contribution < 1.29 is 9.59 Å². The quantitative estimate of drug-likeness (QED) is 0.403. The molecule has 2 heterocycles. The Labute approximate surface area is 200 Å². The molecule has 0 saturated heterocycles. The molecule has 1 aromatic carbocycles. The van der Waals surface area contributed by atoms with Crippen molar-refractivity contribution in [2.45, 2.75) is 44.2 Å². The van der Waals surface area contributed by atoms with Crippen molar-refractivity contribution in [3.05, 3.63) is 62.6 Å². The van der Waals surface area contributed by atoms with Gasteiger partial charge in [-0.15, -0.1) is 11.8 Å². The third-order valence-corrected chi connectivity index (χ3v) is 6.03. The van der Waals surface area contributed by atoms with Gasteiger partial charge in [-0.3, -0.25) is 24.0 Å². The standard InChI is InChI=1S/C23H28N6O4S/c1-23(2,3)20-26-17-16(19(31)29(5)22(33)28(17)4)18(27-20)34-12-11-15(30)25-21(32)24-13-14-9-7-6-8-10-14/h6-10H,11-13H2,1-5H3,(H2,24,25,30,32). The van der Waals surface area contributed by atoms with Crippen LogP contribution in [0.15, 0.2) is 44.9 Å². The van der Waals surface area contributed by atoms with Crippen LogP contribution >= 0.6 is 11.8 Å². The molecule has 0 unspecified atom stereocenters. The number of thioether (sulfide) groups is 1. The predicted molar refractivity (Wildman–Crippen MR) is 131 cm³/mol. The smallest absolute Gasteiger partial charge is 0.332 e. The van der Waals surface area contributed by atoms with E-state index < -0.39 is 28.6 Å². The van der Waals surface area contributed by atoms with E-state index in [2.05, 4.69) is 20.6 Å². The molecular weight excluding hydrogens is 456 g/mol. The molecule has 0 bridgehead atoms. The maximum atomic E-state index is 12.8. The van der Waals surface area contributed by atoms with Crippen LogP contribution in [0.25, 0.3) is 11.0 Å². The Bertz CT molecular complexity index is 1340. The van der Waals surface area contributed by atoms with Crippen LogP contribution in [0, 0.1) is 0 Å². The third-order valence-electron chi connectivity index (χ3n) is 5.05. The molecular formula is C23H28N6O4S. The Morgan fingerprint density at radius 2 is 1.71 bits per heavy atom. The molecule has 10 nitrogen and oxygen atoms in total. The average molecular weight is 485 g/mol. The van der Waals surface area contributed by atoms with Crippen molar-refractivity contribution in [3.63, 3.8) is 0 Å². The van der Waals surface area contributed by atoms with E-state index in [0.717, 1.165) is 10.1 Å². The van der Waals surface area contributed by atoms with E-state index in [0.29, 0.717) is 17.4 Å². The zero-order valence-electron chi connectivity index (χ0n) is 19.8. The Hall–Kier alpha value is -3.47. The highest BCUT2D eigenvalue weighted by Crippen LogP contribution is 2.27. The third kappa shape index (κ3) is 5.71. The Morgan fingerprint density at radius 3 is 2.35 bits per heavy atom. The highest BCUT2D eigenvalue weighted by Gasteiger charge is 2.23. The number of rotatable bonds is 6. The molecule has 11 heteroatoms. The lowest BCUT2D eigenvalue weighted by atomic mass is 9.96. The van der Waals surface area contributed by atoms with Gasteiger partial charge in [-0.25, -0.2) is 19.6 Å². The number of urea groups is 1. The van der Waals surface area contributed by atoms with Crippen LogP contribution in [0.4, 0.5) is 4.79 Å². The summed E-state index contributed by atoms with van der Waals surface area (Å²) in [7, 11) is 2.96. The number of carbonyl (C=O) groups excluding carboxylic acids is 2. The van der Waals surface area contributed by atoms with Gasteiger partial charge >= 0.3 is 11.7 Å². The van der Waals surface area contributed by atoms with Crippen molar-refractivity contribution in [3.8, 4) is 0 Å². The molecule has 0 aliphatic heterocycles. The maximum Gasteiger partial charge on any atom is 0.332 e. The molecule has 0 spiro atoms. The lowest BCUT2D eigenvalue weighted by Crippen LogP contribution is -2.39. The van der Waals surface area contributed by atoms with E-state index in [9.17, 15) is 19.2 Å². The number of aromatic nitrogens is 4. The van der Waals surface area contributed by atoms with Gasteiger partial charge in [0.1, 0.15) is 16.2 Å². The Kier molecular flexibility index (Phi) is 7.55. The van der Waals surface area contributed by atoms with E-state index in [1.54, 1.807) is 7.05 Å². The molecule has 0 aliphatic rings. The predicted octanol–water partition coefficient (Wildman–Crippen LogP) is 1.83. The van der Waals surface area contributed by atoms with Gasteiger partial charge in [0.25, 0.3) is 5.56 Å². The molecule has 0 fully saturated rings. The van der Waals surface area contributed by atoms with Gasteiger partial charge in [-0.1, -0.05) is 51.1 Å². The van der Waals surface area contributed by atoms with Crippen LogP contribution in [-0.4, -0.2) is 36.8 Å². The molecule has 3 amide bonds. The summed E-state index contributed by atoms with van der Waals surface area (Å²) < 4.78 is 2.33. The topological polar surface area (TPSA) is 128 Å². The summed E-state index contributed by atoms with van der Waals surface area (Å²) in [6.45, 7) is 6.11. The molecule has 3 rings (SSSR count). The zero-order valence-corrected chi connectivity index (χ0v) is 20.7. The number of hydrogen-bond acceptors (Lipinski definition) is 7. The van der Waals surface area contributed by atoms with Crippen molar-refractivity contribution in [1.29, 1.82) is 0 Å². The minimum absolute atomic E-state index is 0.0336. The molecule has 0 aliphatic carbocycles. The molecule has 0 atom stereocenters. The van der Waals surface area contributed by atoms with Crippen LogP contribution in [0.5, 0.6) is 0 Å². The highest BCUT2D eigenvalue weighted by molar-refractivity contribution is 7.99. The fraction of sp³-hybridized carbons (Fsp3) is 0.391. The molecule has 0 radical (unpaired) electrons. The number of aryl methyl sites for hydroxylation is 1. The van der Waals surface area contributed by atoms with Crippen molar-refractivity contribution in [1.82, 2.24) is 29.7 Å². The van der Waals surface area contributed by atoms with E-state index in [1.165, 1.54) is 23.4 Å². The van der Waals surface area contributed by atoms with Crippen molar-refractivity contribution in [2.75, 3.05) is 5.75 Å². The summed E-state index contributed by atoms with van der Waals surface area (Å²) in [5, 5.41) is 5.56. The van der Waals surface area contributed by atoms with Crippen LogP contribution in [0.3, 0.4) is 0 Å². The fourth-order valence-electron chi connectivity index (χ4n) is 3.12. The van der Waals surface area contributed by atoms with E-state index in [1.807, 2.05) is 51.1 Å². The number of nitrogens with zero attached hydrogens (tertiary/aromatic N) is 4. The normalized spacial score (nSPS) is 11.4. The first-order valence-electron chi connectivity index (χ1n) is 10.7. The van der Waals surface area contributed by atoms with Gasteiger partial charge < -0.3 is 5.32 Å². The minimum atomic E-state index is -0.578. The van der Waals surface area contributed by atoms with Crippen LogP contribution in [-0.2, 0) is 30.8 Å². The van der Waals surface area contributed by atoms with E-state index >= 15 is 0 Å². The summed E-state index contributed by atoms with van der Waals surface area (Å²) in [5.41, 5.74) is -0.227. The summed E-state index contributed by atoms with van der Waals surface area (Å²) >= 11 is 1.21. The van der Waals surface area contributed by atoms with Gasteiger partial charge in [-0.05, 0) is 5.56 Å². The van der Waals surface area contributed by atoms with Gasteiger partial charge in [0, 0.05) is 38.2 Å². The monoisotopic (exact) mass is 484 g/mol. The second-order valence-electron chi connectivity index (χ2n) is 8.82. The number of imide groups is 1. The van der Waals surface area contributed by atoms with Gasteiger partial charge in [0.2, 0.25) is 5.91 Å². The summed E-state index contributed by atoms with van der Waals surface area (Å²) in [6, 6.07) is 8.78. The number of fused-ring (bicyclic) bond motifs is 1. The zero-order chi connectivity index (χ0) is 25.0. The number of amides is 3. The first kappa shape index (κ1) is 25.2. The van der Waals surface area contributed by atoms with Gasteiger partial charge in [-0.2, -0.15) is 0 Å². The first-order chi connectivity index (χ1) is 16.0.